The van der Waals surface area contributed by atoms with Crippen LogP contribution in [0.4, 0.5) is 5.69 Å². The first-order valence-corrected chi connectivity index (χ1v) is 8.60. The summed E-state index contributed by atoms with van der Waals surface area (Å²) in [5.41, 5.74) is 1.30. The second-order valence-corrected chi connectivity index (χ2v) is 6.36. The normalized spacial score (nSPS) is 10.8. The summed E-state index contributed by atoms with van der Waals surface area (Å²) in [7, 11) is 0. The van der Waals surface area contributed by atoms with E-state index < -0.39 is 5.91 Å². The number of carbonyl (C=O) groups is 1. The smallest absolute Gasteiger partial charge is 0.266 e. The fraction of sp³-hybridized carbons (Fsp3) is 0.111. The van der Waals surface area contributed by atoms with E-state index in [9.17, 15) is 10.1 Å². The average Bonchev–Trinajstić information content (AvgIpc) is 2.55. The first kappa shape index (κ1) is 18.3. The van der Waals surface area contributed by atoms with Crippen LogP contribution in [0, 0.1) is 14.9 Å². The lowest BCUT2D eigenvalue weighted by Crippen LogP contribution is -2.13. The molecule has 0 atom stereocenters. The molecule has 24 heavy (non-hydrogen) atoms. The fourth-order valence-electron chi connectivity index (χ4n) is 1.96. The molecule has 0 saturated carbocycles. The Morgan fingerprint density at radius 2 is 2.17 bits per heavy atom. The van der Waals surface area contributed by atoms with Gasteiger partial charge in [0.05, 0.1) is 10.2 Å². The highest BCUT2D eigenvalue weighted by molar-refractivity contribution is 14.1. The summed E-state index contributed by atoms with van der Waals surface area (Å²) in [6.45, 7) is 2.49. The van der Waals surface area contributed by atoms with Gasteiger partial charge in [-0.3, -0.25) is 4.79 Å². The topological polar surface area (TPSA) is 62.1 Å². The molecule has 0 aliphatic carbocycles. The molecule has 0 bridgehead atoms. The van der Waals surface area contributed by atoms with E-state index in [-0.39, 0.29) is 5.57 Å². The van der Waals surface area contributed by atoms with Crippen molar-refractivity contribution in [2.45, 2.75) is 6.92 Å². The van der Waals surface area contributed by atoms with Crippen LogP contribution in [0.1, 0.15) is 12.5 Å². The summed E-state index contributed by atoms with van der Waals surface area (Å²) in [5, 5.41) is 12.4. The molecular weight excluding hydrogens is 439 g/mol. The van der Waals surface area contributed by atoms with Crippen LogP contribution in [-0.4, -0.2) is 12.5 Å². The molecule has 6 heteroatoms. The first-order valence-electron chi connectivity index (χ1n) is 7.14. The highest BCUT2D eigenvalue weighted by atomic mass is 127. The van der Waals surface area contributed by atoms with Gasteiger partial charge < -0.3 is 10.1 Å². The van der Waals surface area contributed by atoms with Crippen molar-refractivity contribution in [1.29, 1.82) is 5.26 Å². The lowest BCUT2D eigenvalue weighted by molar-refractivity contribution is -0.112. The van der Waals surface area contributed by atoms with Gasteiger partial charge in [-0.05, 0) is 71.5 Å². The van der Waals surface area contributed by atoms with Crippen LogP contribution in [0.15, 0.2) is 48.0 Å². The van der Waals surface area contributed by atoms with Crippen LogP contribution < -0.4 is 10.1 Å². The number of hydrogen-bond donors (Lipinski definition) is 1. The van der Waals surface area contributed by atoms with Gasteiger partial charge >= 0.3 is 0 Å². The second-order valence-electron chi connectivity index (χ2n) is 4.76. The van der Waals surface area contributed by atoms with E-state index >= 15 is 0 Å². The number of nitrogens with zero attached hydrogens (tertiary/aromatic N) is 1. The zero-order valence-electron chi connectivity index (χ0n) is 12.8. The van der Waals surface area contributed by atoms with E-state index in [1.165, 1.54) is 6.08 Å². The van der Waals surface area contributed by atoms with E-state index in [1.807, 2.05) is 25.1 Å². The van der Waals surface area contributed by atoms with Gasteiger partial charge in [-0.25, -0.2) is 0 Å². The highest BCUT2D eigenvalue weighted by Crippen LogP contribution is 2.23. The van der Waals surface area contributed by atoms with Crippen LogP contribution in [0.2, 0.25) is 5.02 Å². The molecule has 0 spiro atoms. The maximum atomic E-state index is 12.2. The lowest BCUT2D eigenvalue weighted by atomic mass is 10.1. The molecule has 0 radical (unpaired) electrons. The number of nitriles is 1. The van der Waals surface area contributed by atoms with E-state index in [0.717, 1.165) is 14.9 Å². The molecule has 0 aliphatic rings. The van der Waals surface area contributed by atoms with Crippen molar-refractivity contribution in [2.24, 2.45) is 0 Å². The van der Waals surface area contributed by atoms with Crippen molar-refractivity contribution in [3.63, 3.8) is 0 Å². The van der Waals surface area contributed by atoms with Crippen molar-refractivity contribution >= 4 is 51.9 Å². The zero-order chi connectivity index (χ0) is 17.5. The van der Waals surface area contributed by atoms with Crippen LogP contribution >= 0.6 is 34.2 Å². The largest absolute Gasteiger partial charge is 0.493 e. The van der Waals surface area contributed by atoms with E-state index in [0.29, 0.717) is 17.3 Å². The minimum Gasteiger partial charge on any atom is -0.493 e. The highest BCUT2D eigenvalue weighted by Gasteiger charge is 2.10. The van der Waals surface area contributed by atoms with Gasteiger partial charge in [0.1, 0.15) is 17.4 Å². The predicted molar refractivity (Wildman–Crippen MR) is 104 cm³/mol. The van der Waals surface area contributed by atoms with E-state index in [4.69, 9.17) is 16.3 Å². The third kappa shape index (κ3) is 4.98. The molecular formula is C18H14ClIN2O2. The van der Waals surface area contributed by atoms with Crippen LogP contribution in [0.3, 0.4) is 0 Å². The number of nitrogens with one attached hydrogen (secondary N) is 1. The molecule has 122 valence electrons. The number of ether oxygens (including phenoxy) is 1. The van der Waals surface area contributed by atoms with E-state index in [2.05, 4.69) is 27.9 Å². The van der Waals surface area contributed by atoms with Gasteiger partial charge in [0, 0.05) is 10.7 Å². The minimum atomic E-state index is -0.483. The standard InChI is InChI=1S/C18H14ClIN2O2/c1-2-24-17-7-6-12(9-16(17)20)8-13(11-21)18(23)22-15-5-3-4-14(19)10-15/h3-10H,2H2,1H3,(H,22,23). The summed E-state index contributed by atoms with van der Waals surface area (Å²) >= 11 is 8.04. The number of benzene rings is 2. The molecule has 1 N–H and O–H groups in total. The Morgan fingerprint density at radius 3 is 2.79 bits per heavy atom. The lowest BCUT2D eigenvalue weighted by Gasteiger charge is -2.07. The molecule has 0 fully saturated rings. The average molecular weight is 453 g/mol. The molecule has 2 aromatic carbocycles. The van der Waals surface area contributed by atoms with Crippen molar-refractivity contribution in [3.05, 3.63) is 62.2 Å². The molecule has 0 unspecified atom stereocenters. The Morgan fingerprint density at radius 1 is 1.38 bits per heavy atom. The Balaban J connectivity index is 2.21. The van der Waals surface area contributed by atoms with E-state index in [1.54, 1.807) is 30.3 Å². The Bertz CT molecular complexity index is 828. The molecule has 0 saturated heterocycles. The van der Waals surface area contributed by atoms with Gasteiger partial charge in [-0.2, -0.15) is 5.26 Å². The quantitative estimate of drug-likeness (QED) is 0.399. The Kier molecular flexibility index (Phi) is 6.64. The molecule has 0 aliphatic heterocycles. The number of halogens is 2. The van der Waals surface area contributed by atoms with Gasteiger partial charge in [-0.15, -0.1) is 0 Å². The van der Waals surface area contributed by atoms with Crippen molar-refractivity contribution < 1.29 is 9.53 Å². The zero-order valence-corrected chi connectivity index (χ0v) is 15.8. The van der Waals surface area contributed by atoms with Crippen LogP contribution in [-0.2, 0) is 4.79 Å². The SMILES string of the molecule is CCOc1ccc(C=C(C#N)C(=O)Nc2cccc(Cl)c2)cc1I. The fourth-order valence-corrected chi connectivity index (χ4v) is 2.84. The van der Waals surface area contributed by atoms with Crippen LogP contribution in [0.5, 0.6) is 5.75 Å². The van der Waals surface area contributed by atoms with Crippen molar-refractivity contribution in [2.75, 3.05) is 11.9 Å². The van der Waals surface area contributed by atoms with Gasteiger partial charge in [0.15, 0.2) is 0 Å². The Labute approximate surface area is 159 Å². The summed E-state index contributed by atoms with van der Waals surface area (Å²) in [6, 6.07) is 14.2. The third-order valence-corrected chi connectivity index (χ3v) is 4.09. The molecule has 2 aromatic rings. The van der Waals surface area contributed by atoms with Gasteiger partial charge in [0.25, 0.3) is 5.91 Å². The summed E-state index contributed by atoms with van der Waals surface area (Å²) in [6.07, 6.45) is 1.54. The number of rotatable bonds is 5. The van der Waals surface area contributed by atoms with Crippen LogP contribution in [0.25, 0.3) is 6.08 Å². The number of hydrogen-bond acceptors (Lipinski definition) is 3. The van der Waals surface area contributed by atoms with Crippen molar-refractivity contribution in [1.82, 2.24) is 0 Å². The summed E-state index contributed by atoms with van der Waals surface area (Å²) in [4.78, 5) is 12.2. The first-order chi connectivity index (χ1) is 11.5. The number of anilines is 1. The maximum Gasteiger partial charge on any atom is 0.266 e. The Hall–Kier alpha value is -2.04. The number of carbonyl (C=O) groups excluding carboxylic acids is 1. The minimum absolute atomic E-state index is 0.00920. The molecule has 0 heterocycles. The summed E-state index contributed by atoms with van der Waals surface area (Å²) in [5.74, 6) is 0.292. The third-order valence-electron chi connectivity index (χ3n) is 3.01. The molecule has 0 aromatic heterocycles. The molecule has 1 amide bonds. The predicted octanol–water partition coefficient (Wildman–Crippen LogP) is 4.89. The maximum absolute atomic E-state index is 12.2. The van der Waals surface area contributed by atoms with Gasteiger partial charge in [-0.1, -0.05) is 23.7 Å². The second kappa shape index (κ2) is 8.71. The van der Waals surface area contributed by atoms with Gasteiger partial charge in [0.2, 0.25) is 0 Å². The van der Waals surface area contributed by atoms with Crippen molar-refractivity contribution in [3.8, 4) is 11.8 Å². The molecule has 4 nitrogen and oxygen atoms in total. The number of amides is 1. The molecule has 2 rings (SSSR count). The monoisotopic (exact) mass is 452 g/mol. The summed E-state index contributed by atoms with van der Waals surface area (Å²) < 4.78 is 6.39.